The molecule has 0 radical (unpaired) electrons. The van der Waals surface area contributed by atoms with E-state index in [1.54, 1.807) is 36.1 Å². The number of halogens is 1. The third kappa shape index (κ3) is 3.27. The van der Waals surface area contributed by atoms with Crippen LogP contribution in [0.15, 0.2) is 66.7 Å². The van der Waals surface area contributed by atoms with E-state index in [0.717, 1.165) is 22.4 Å². The second-order valence-corrected chi connectivity index (χ2v) is 7.36. The van der Waals surface area contributed by atoms with Gasteiger partial charge in [0.05, 0.1) is 12.5 Å². The van der Waals surface area contributed by atoms with Crippen LogP contribution >= 0.6 is 11.6 Å². The summed E-state index contributed by atoms with van der Waals surface area (Å²) < 4.78 is 0. The molecule has 0 aromatic heterocycles. The van der Waals surface area contributed by atoms with Gasteiger partial charge in [-0.05, 0) is 59.5 Å². The molecule has 0 saturated carbocycles. The molecule has 1 aliphatic rings. The molecule has 3 aromatic carbocycles. The fourth-order valence-corrected chi connectivity index (χ4v) is 3.54. The lowest BCUT2D eigenvalue weighted by atomic mass is 10.0. The summed E-state index contributed by atoms with van der Waals surface area (Å²) in [5.74, 6) is -1.50. The van der Waals surface area contributed by atoms with Crippen molar-refractivity contribution in [1.29, 1.82) is 0 Å². The van der Waals surface area contributed by atoms with Crippen LogP contribution in [0.25, 0.3) is 11.1 Å². The van der Waals surface area contributed by atoms with Gasteiger partial charge in [-0.1, -0.05) is 48.0 Å². The number of hydrogen-bond acceptors (Lipinski definition) is 2. The highest BCUT2D eigenvalue weighted by Gasteiger charge is 2.29. The van der Waals surface area contributed by atoms with E-state index in [1.165, 1.54) is 0 Å². The SMILES string of the molecule is CC(C(=O)O)c1ccc(N2Cc3ccc(-c4ccc(Cl)cc4)cc3C2=O)cc1. The van der Waals surface area contributed by atoms with E-state index < -0.39 is 11.9 Å². The Morgan fingerprint density at radius 1 is 1.00 bits per heavy atom. The maximum absolute atomic E-state index is 13.0. The summed E-state index contributed by atoms with van der Waals surface area (Å²) in [7, 11) is 0. The Balaban J connectivity index is 1.61. The van der Waals surface area contributed by atoms with E-state index in [0.29, 0.717) is 22.7 Å². The van der Waals surface area contributed by atoms with Crippen molar-refractivity contribution in [3.63, 3.8) is 0 Å². The van der Waals surface area contributed by atoms with E-state index in [-0.39, 0.29) is 5.91 Å². The molecule has 0 bridgehead atoms. The lowest BCUT2D eigenvalue weighted by Gasteiger charge is -2.17. The second-order valence-electron chi connectivity index (χ2n) is 6.92. The summed E-state index contributed by atoms with van der Waals surface area (Å²) in [5, 5.41) is 9.81. The molecule has 1 heterocycles. The zero-order valence-corrected chi connectivity index (χ0v) is 16.0. The highest BCUT2D eigenvalue weighted by Crippen LogP contribution is 2.32. The zero-order chi connectivity index (χ0) is 19.8. The first kappa shape index (κ1) is 18.3. The highest BCUT2D eigenvalue weighted by atomic mass is 35.5. The minimum Gasteiger partial charge on any atom is -0.481 e. The molecule has 1 unspecified atom stereocenters. The quantitative estimate of drug-likeness (QED) is 0.651. The lowest BCUT2D eigenvalue weighted by molar-refractivity contribution is -0.138. The summed E-state index contributed by atoms with van der Waals surface area (Å²) in [4.78, 5) is 25.8. The second kappa shape index (κ2) is 7.13. The Kier molecular flexibility index (Phi) is 4.65. The molecule has 5 heteroatoms. The Hall–Kier alpha value is -3.11. The molecule has 1 N–H and O–H groups in total. The van der Waals surface area contributed by atoms with E-state index in [4.69, 9.17) is 16.7 Å². The van der Waals surface area contributed by atoms with Gasteiger partial charge in [-0.25, -0.2) is 0 Å². The first-order valence-electron chi connectivity index (χ1n) is 8.97. The summed E-state index contributed by atoms with van der Waals surface area (Å²) >= 11 is 5.96. The normalized spacial score (nSPS) is 14.1. The molecule has 0 spiro atoms. The summed E-state index contributed by atoms with van der Waals surface area (Å²) in [6.45, 7) is 2.15. The fraction of sp³-hybridized carbons (Fsp3) is 0.130. The van der Waals surface area contributed by atoms with Gasteiger partial charge in [0.1, 0.15) is 0 Å². The van der Waals surface area contributed by atoms with Crippen LogP contribution in [0.2, 0.25) is 5.02 Å². The third-order valence-corrected chi connectivity index (χ3v) is 5.42. The lowest BCUT2D eigenvalue weighted by Crippen LogP contribution is -2.23. The number of rotatable bonds is 4. The number of carboxylic acid groups (broad SMARTS) is 1. The number of amides is 1. The number of fused-ring (bicyclic) bond motifs is 1. The van der Waals surface area contributed by atoms with Crippen LogP contribution in [0, 0.1) is 0 Å². The number of hydrogen-bond donors (Lipinski definition) is 1. The molecule has 0 aliphatic carbocycles. The van der Waals surface area contributed by atoms with Crippen molar-refractivity contribution in [2.24, 2.45) is 0 Å². The van der Waals surface area contributed by atoms with E-state index in [1.807, 2.05) is 42.5 Å². The standard InChI is InChI=1S/C23H18ClNO3/c1-14(23(27)28)15-6-10-20(11-7-15)25-13-18-3-2-17(12-21(18)22(25)26)16-4-8-19(24)9-5-16/h2-12,14H,13H2,1H3,(H,27,28). The number of nitrogens with zero attached hydrogens (tertiary/aromatic N) is 1. The first-order chi connectivity index (χ1) is 13.4. The number of carboxylic acids is 1. The topological polar surface area (TPSA) is 57.6 Å². The average molecular weight is 392 g/mol. The number of aliphatic carboxylic acids is 1. The van der Waals surface area contributed by atoms with E-state index in [2.05, 4.69) is 0 Å². The fourth-order valence-electron chi connectivity index (χ4n) is 3.42. The number of carbonyl (C=O) groups is 2. The molecule has 1 amide bonds. The van der Waals surface area contributed by atoms with Crippen molar-refractivity contribution in [1.82, 2.24) is 0 Å². The third-order valence-electron chi connectivity index (χ3n) is 5.17. The Morgan fingerprint density at radius 2 is 1.64 bits per heavy atom. The van der Waals surface area contributed by atoms with Gasteiger partial charge in [0.15, 0.2) is 0 Å². The van der Waals surface area contributed by atoms with Crippen LogP contribution in [-0.4, -0.2) is 17.0 Å². The van der Waals surface area contributed by atoms with Crippen molar-refractivity contribution >= 4 is 29.2 Å². The van der Waals surface area contributed by atoms with Gasteiger partial charge in [-0.2, -0.15) is 0 Å². The van der Waals surface area contributed by atoms with Crippen molar-refractivity contribution in [2.75, 3.05) is 4.90 Å². The van der Waals surface area contributed by atoms with Crippen LogP contribution in [0.3, 0.4) is 0 Å². The van der Waals surface area contributed by atoms with Crippen molar-refractivity contribution in [3.05, 3.63) is 88.4 Å². The molecule has 4 nitrogen and oxygen atoms in total. The monoisotopic (exact) mass is 391 g/mol. The minimum absolute atomic E-state index is 0.0511. The molecule has 0 fully saturated rings. The molecular weight excluding hydrogens is 374 g/mol. The smallest absolute Gasteiger partial charge is 0.310 e. The van der Waals surface area contributed by atoms with Crippen LogP contribution in [0.5, 0.6) is 0 Å². The summed E-state index contributed by atoms with van der Waals surface area (Å²) in [6.07, 6.45) is 0. The molecule has 4 rings (SSSR count). The summed E-state index contributed by atoms with van der Waals surface area (Å²) in [5.41, 5.74) is 5.11. The number of benzene rings is 3. The molecule has 140 valence electrons. The van der Waals surface area contributed by atoms with Gasteiger partial charge >= 0.3 is 5.97 Å². The van der Waals surface area contributed by atoms with Gasteiger partial charge in [0.2, 0.25) is 0 Å². The molecule has 1 atom stereocenters. The molecule has 0 saturated heterocycles. The van der Waals surface area contributed by atoms with Gasteiger partial charge in [0, 0.05) is 16.3 Å². The van der Waals surface area contributed by atoms with Crippen molar-refractivity contribution in [2.45, 2.75) is 19.4 Å². The van der Waals surface area contributed by atoms with Crippen molar-refractivity contribution < 1.29 is 14.7 Å². The predicted octanol–water partition coefficient (Wildman–Crippen LogP) is 5.36. The van der Waals surface area contributed by atoms with E-state index in [9.17, 15) is 9.59 Å². The maximum atomic E-state index is 13.0. The van der Waals surface area contributed by atoms with Crippen LogP contribution in [-0.2, 0) is 11.3 Å². The molecule has 3 aromatic rings. The Bertz CT molecular complexity index is 1060. The minimum atomic E-state index is -0.868. The van der Waals surface area contributed by atoms with E-state index >= 15 is 0 Å². The van der Waals surface area contributed by atoms with Crippen LogP contribution in [0.4, 0.5) is 5.69 Å². The number of anilines is 1. The van der Waals surface area contributed by atoms with Gasteiger partial charge in [-0.15, -0.1) is 0 Å². The van der Waals surface area contributed by atoms with Gasteiger partial charge in [0.25, 0.3) is 5.91 Å². The molecule has 28 heavy (non-hydrogen) atoms. The van der Waals surface area contributed by atoms with Crippen LogP contribution < -0.4 is 4.90 Å². The van der Waals surface area contributed by atoms with Gasteiger partial charge < -0.3 is 10.0 Å². The summed E-state index contributed by atoms with van der Waals surface area (Å²) in [6, 6.07) is 20.6. The number of carbonyl (C=O) groups excluding carboxylic acids is 1. The first-order valence-corrected chi connectivity index (χ1v) is 9.35. The Labute approximate surface area is 168 Å². The maximum Gasteiger partial charge on any atom is 0.310 e. The van der Waals surface area contributed by atoms with Gasteiger partial charge in [-0.3, -0.25) is 9.59 Å². The average Bonchev–Trinajstić information content (AvgIpc) is 3.04. The predicted molar refractivity (Wildman–Crippen MR) is 110 cm³/mol. The Morgan fingerprint density at radius 3 is 2.29 bits per heavy atom. The van der Waals surface area contributed by atoms with Crippen molar-refractivity contribution in [3.8, 4) is 11.1 Å². The highest BCUT2D eigenvalue weighted by molar-refractivity contribution is 6.30. The molecular formula is C23H18ClNO3. The molecule has 1 aliphatic heterocycles. The largest absolute Gasteiger partial charge is 0.481 e. The zero-order valence-electron chi connectivity index (χ0n) is 15.2. The van der Waals surface area contributed by atoms with Crippen LogP contribution in [0.1, 0.15) is 34.3 Å².